The van der Waals surface area contributed by atoms with E-state index in [2.05, 4.69) is 20.7 Å². The molecule has 4 rings (SSSR count). The maximum absolute atomic E-state index is 12.5. The van der Waals surface area contributed by atoms with Crippen LogP contribution in [0.1, 0.15) is 23.2 Å². The number of carbonyl (C=O) groups is 1. The molecule has 3 aromatic rings. The molecule has 0 bridgehead atoms. The fourth-order valence-electron chi connectivity index (χ4n) is 3.31. The molecule has 3 N–H and O–H groups in total. The van der Waals surface area contributed by atoms with Gasteiger partial charge in [0.1, 0.15) is 0 Å². The average Bonchev–Trinajstić information content (AvgIpc) is 3.11. The summed E-state index contributed by atoms with van der Waals surface area (Å²) < 4.78 is 1.70. The molecule has 134 valence electrons. The number of aromatic nitrogens is 3. The van der Waals surface area contributed by atoms with Crippen molar-refractivity contribution in [2.75, 3.05) is 19.6 Å². The molecule has 0 unspecified atom stereocenters. The van der Waals surface area contributed by atoms with E-state index in [1.54, 1.807) is 23.0 Å². The third kappa shape index (κ3) is 3.31. The zero-order valence-corrected chi connectivity index (χ0v) is 14.4. The van der Waals surface area contributed by atoms with Gasteiger partial charge in [-0.25, -0.2) is 9.50 Å². The molecular formula is C19H21N5O2. The number of benzene rings is 1. The van der Waals surface area contributed by atoms with Crippen molar-refractivity contribution < 1.29 is 9.90 Å². The van der Waals surface area contributed by atoms with Crippen molar-refractivity contribution in [3.8, 4) is 11.1 Å². The Labute approximate surface area is 151 Å². The van der Waals surface area contributed by atoms with Gasteiger partial charge in [0.2, 0.25) is 0 Å². The quantitative estimate of drug-likeness (QED) is 0.658. The largest absolute Gasteiger partial charge is 0.387 e. The predicted octanol–water partition coefficient (Wildman–Crippen LogP) is 1.24. The molecule has 1 aromatic carbocycles. The van der Waals surface area contributed by atoms with E-state index in [0.29, 0.717) is 18.5 Å². The molecule has 1 aliphatic rings. The minimum atomic E-state index is -0.877. The summed E-state index contributed by atoms with van der Waals surface area (Å²) in [6.07, 6.45) is 6.89. The number of nitrogens with one attached hydrogen (secondary N) is 2. The smallest absolute Gasteiger partial charge is 0.251 e. The van der Waals surface area contributed by atoms with Crippen molar-refractivity contribution in [1.29, 1.82) is 0 Å². The first-order chi connectivity index (χ1) is 12.6. The van der Waals surface area contributed by atoms with Crippen molar-refractivity contribution in [3.05, 3.63) is 54.5 Å². The Balaban J connectivity index is 1.53. The highest BCUT2D eigenvalue weighted by Gasteiger charge is 2.29. The topological polar surface area (TPSA) is 91.5 Å². The lowest BCUT2D eigenvalue weighted by Crippen LogP contribution is -2.52. The van der Waals surface area contributed by atoms with Crippen LogP contribution in [0, 0.1) is 0 Å². The number of amides is 1. The molecule has 0 spiro atoms. The molecule has 1 saturated heterocycles. The molecule has 1 fully saturated rings. The number of fused-ring (bicyclic) bond motifs is 1. The molecule has 1 aliphatic heterocycles. The van der Waals surface area contributed by atoms with Gasteiger partial charge in [-0.15, -0.1) is 0 Å². The van der Waals surface area contributed by atoms with E-state index in [1.807, 2.05) is 30.5 Å². The van der Waals surface area contributed by atoms with Gasteiger partial charge in [-0.2, -0.15) is 5.10 Å². The van der Waals surface area contributed by atoms with Crippen molar-refractivity contribution >= 4 is 11.6 Å². The van der Waals surface area contributed by atoms with E-state index in [0.717, 1.165) is 29.7 Å². The van der Waals surface area contributed by atoms with Crippen LogP contribution in [0.2, 0.25) is 0 Å². The second-order valence-electron chi connectivity index (χ2n) is 6.71. The summed E-state index contributed by atoms with van der Waals surface area (Å²) in [5.74, 6) is -0.199. The number of hydrogen-bond acceptors (Lipinski definition) is 5. The lowest BCUT2D eigenvalue weighted by molar-refractivity contribution is 0.0170. The summed E-state index contributed by atoms with van der Waals surface area (Å²) >= 11 is 0. The number of aliphatic hydroxyl groups is 1. The molecule has 0 saturated carbocycles. The molecule has 7 heteroatoms. The van der Waals surface area contributed by atoms with Crippen LogP contribution in [0.15, 0.2) is 48.9 Å². The van der Waals surface area contributed by atoms with Gasteiger partial charge in [0.05, 0.1) is 11.8 Å². The Morgan fingerprint density at radius 3 is 3.15 bits per heavy atom. The lowest BCUT2D eigenvalue weighted by atomic mass is 9.94. The van der Waals surface area contributed by atoms with E-state index >= 15 is 0 Å². The van der Waals surface area contributed by atoms with E-state index in [9.17, 15) is 9.90 Å². The van der Waals surface area contributed by atoms with Crippen LogP contribution < -0.4 is 10.6 Å². The number of piperidine rings is 1. The summed E-state index contributed by atoms with van der Waals surface area (Å²) in [7, 11) is 0. The summed E-state index contributed by atoms with van der Waals surface area (Å²) in [6.45, 7) is 1.65. The first-order valence-electron chi connectivity index (χ1n) is 8.75. The minimum absolute atomic E-state index is 0.199. The minimum Gasteiger partial charge on any atom is -0.387 e. The van der Waals surface area contributed by atoms with Crippen molar-refractivity contribution in [2.45, 2.75) is 18.4 Å². The second-order valence-corrected chi connectivity index (χ2v) is 6.71. The normalized spacial score (nSPS) is 20.2. The summed E-state index contributed by atoms with van der Waals surface area (Å²) in [5, 5.41) is 20.8. The highest BCUT2D eigenvalue weighted by molar-refractivity contribution is 5.96. The van der Waals surface area contributed by atoms with Crippen molar-refractivity contribution in [3.63, 3.8) is 0 Å². The SMILES string of the molecule is O=C(NC[C@@]1(O)CCCNC1)c1cccc(-c2cnn3cccnc23)c1. The number of carbonyl (C=O) groups excluding carboxylic acids is 1. The standard InChI is InChI=1S/C19H21N5O2/c25-18(22-13-19(26)6-2-7-20-12-19)15-5-1-4-14(10-15)16-11-23-24-9-3-8-21-17(16)24/h1,3-5,8-11,20,26H,2,6-7,12-13H2,(H,22,25)/t19-/m1/s1. The third-order valence-corrected chi connectivity index (χ3v) is 4.74. The van der Waals surface area contributed by atoms with Gasteiger partial charge >= 0.3 is 0 Å². The van der Waals surface area contributed by atoms with Crippen molar-refractivity contribution in [2.24, 2.45) is 0 Å². The molecule has 7 nitrogen and oxygen atoms in total. The monoisotopic (exact) mass is 351 g/mol. The molecule has 1 atom stereocenters. The van der Waals surface area contributed by atoms with Gasteiger partial charge in [-0.3, -0.25) is 4.79 Å². The van der Waals surface area contributed by atoms with Crippen molar-refractivity contribution in [1.82, 2.24) is 25.2 Å². The Morgan fingerprint density at radius 2 is 2.31 bits per heavy atom. The van der Waals surface area contributed by atoms with Crippen LogP contribution in [-0.4, -0.2) is 50.8 Å². The van der Waals surface area contributed by atoms with Crippen LogP contribution >= 0.6 is 0 Å². The van der Waals surface area contributed by atoms with Gasteiger partial charge in [0.15, 0.2) is 5.65 Å². The number of β-amino-alcohol motifs (C(OH)–C–C–N with tert-alkyl or cyclic N) is 1. The Kier molecular flexibility index (Phi) is 4.40. The van der Waals surface area contributed by atoms with E-state index in [-0.39, 0.29) is 12.5 Å². The molecule has 2 aromatic heterocycles. The predicted molar refractivity (Wildman–Crippen MR) is 97.8 cm³/mol. The molecule has 26 heavy (non-hydrogen) atoms. The van der Waals surface area contributed by atoms with E-state index in [4.69, 9.17) is 0 Å². The molecular weight excluding hydrogens is 330 g/mol. The molecule has 3 heterocycles. The zero-order chi connectivity index (χ0) is 18.0. The maximum Gasteiger partial charge on any atom is 0.251 e. The Morgan fingerprint density at radius 1 is 1.38 bits per heavy atom. The van der Waals surface area contributed by atoms with Gasteiger partial charge in [0.25, 0.3) is 5.91 Å². The van der Waals surface area contributed by atoms with Crippen LogP contribution in [0.5, 0.6) is 0 Å². The fourth-order valence-corrected chi connectivity index (χ4v) is 3.31. The highest BCUT2D eigenvalue weighted by Crippen LogP contribution is 2.24. The van der Waals surface area contributed by atoms with Gasteiger partial charge in [0, 0.05) is 36.6 Å². The fraction of sp³-hybridized carbons (Fsp3) is 0.316. The van der Waals surface area contributed by atoms with Crippen LogP contribution in [0.4, 0.5) is 0 Å². The summed E-state index contributed by atoms with van der Waals surface area (Å²) in [5.41, 5.74) is 2.16. The van der Waals surface area contributed by atoms with Crippen LogP contribution in [-0.2, 0) is 0 Å². The number of hydrogen-bond donors (Lipinski definition) is 3. The first-order valence-corrected chi connectivity index (χ1v) is 8.75. The number of nitrogens with zero attached hydrogens (tertiary/aromatic N) is 3. The molecule has 0 radical (unpaired) electrons. The van der Waals surface area contributed by atoms with E-state index in [1.165, 1.54) is 0 Å². The second kappa shape index (κ2) is 6.86. The van der Waals surface area contributed by atoms with Gasteiger partial charge in [-0.05, 0) is 43.1 Å². The maximum atomic E-state index is 12.5. The Hall–Kier alpha value is -2.77. The molecule has 1 amide bonds. The zero-order valence-electron chi connectivity index (χ0n) is 14.4. The number of rotatable bonds is 4. The van der Waals surface area contributed by atoms with Crippen LogP contribution in [0.25, 0.3) is 16.8 Å². The Bertz CT molecular complexity index is 930. The van der Waals surface area contributed by atoms with Crippen LogP contribution in [0.3, 0.4) is 0 Å². The highest BCUT2D eigenvalue weighted by atomic mass is 16.3. The first kappa shape index (κ1) is 16.7. The summed E-state index contributed by atoms with van der Waals surface area (Å²) in [6, 6.07) is 9.18. The van der Waals surface area contributed by atoms with E-state index < -0.39 is 5.60 Å². The summed E-state index contributed by atoms with van der Waals surface area (Å²) in [4.78, 5) is 16.9. The molecule has 0 aliphatic carbocycles. The van der Waals surface area contributed by atoms with Gasteiger partial charge in [-0.1, -0.05) is 12.1 Å². The average molecular weight is 351 g/mol. The van der Waals surface area contributed by atoms with Gasteiger partial charge < -0.3 is 15.7 Å². The third-order valence-electron chi connectivity index (χ3n) is 4.74. The lowest BCUT2D eigenvalue weighted by Gasteiger charge is -2.32.